The van der Waals surface area contributed by atoms with Crippen LogP contribution in [0.2, 0.25) is 5.02 Å². The van der Waals surface area contributed by atoms with Crippen LogP contribution < -0.4 is 0 Å². The van der Waals surface area contributed by atoms with Gasteiger partial charge in [0.1, 0.15) is 0 Å². The highest BCUT2D eigenvalue weighted by Crippen LogP contribution is 2.25. The van der Waals surface area contributed by atoms with Crippen LogP contribution in [-0.2, 0) is 5.41 Å². The molecule has 2 aromatic heterocycles. The molecular formula is C10H12ClN3. The van der Waals surface area contributed by atoms with Crippen molar-refractivity contribution in [3.8, 4) is 0 Å². The van der Waals surface area contributed by atoms with E-state index in [-0.39, 0.29) is 5.41 Å². The summed E-state index contributed by atoms with van der Waals surface area (Å²) in [5.41, 5.74) is 2.07. The first-order valence-electron chi connectivity index (χ1n) is 4.48. The molecule has 0 saturated carbocycles. The Labute approximate surface area is 87.7 Å². The van der Waals surface area contributed by atoms with E-state index in [1.165, 1.54) is 0 Å². The molecule has 2 heterocycles. The lowest BCUT2D eigenvalue weighted by Gasteiger charge is -2.15. The lowest BCUT2D eigenvalue weighted by molar-refractivity contribution is 0.594. The number of hydrogen-bond donors (Lipinski definition) is 0. The Balaban J connectivity index is 2.70. The van der Waals surface area contributed by atoms with Gasteiger partial charge >= 0.3 is 0 Å². The first-order chi connectivity index (χ1) is 6.48. The molecule has 0 aliphatic carbocycles. The maximum Gasteiger partial charge on any atom is 0.158 e. The molecule has 0 aliphatic rings. The minimum absolute atomic E-state index is 0.0581. The molecule has 0 saturated heterocycles. The molecule has 0 unspecified atom stereocenters. The summed E-state index contributed by atoms with van der Waals surface area (Å²) in [4.78, 5) is 4.28. The molecule has 0 amide bonds. The Hall–Kier alpha value is -1.09. The summed E-state index contributed by atoms with van der Waals surface area (Å²) in [5.74, 6) is 0. The van der Waals surface area contributed by atoms with Crippen LogP contribution in [0.5, 0.6) is 0 Å². The smallest absolute Gasteiger partial charge is 0.158 e. The first kappa shape index (κ1) is 9.46. The van der Waals surface area contributed by atoms with Gasteiger partial charge in [-0.1, -0.05) is 32.4 Å². The molecule has 0 atom stereocenters. The van der Waals surface area contributed by atoms with Crippen molar-refractivity contribution in [2.24, 2.45) is 0 Å². The fraction of sp³-hybridized carbons (Fsp3) is 0.400. The van der Waals surface area contributed by atoms with Crippen molar-refractivity contribution in [3.63, 3.8) is 0 Å². The lowest BCUT2D eigenvalue weighted by atomic mass is 9.89. The zero-order valence-corrected chi connectivity index (χ0v) is 9.21. The van der Waals surface area contributed by atoms with Gasteiger partial charge in [-0.15, -0.1) is 0 Å². The zero-order chi connectivity index (χ0) is 10.3. The number of aromatic nitrogens is 3. The van der Waals surface area contributed by atoms with Crippen LogP contribution in [-0.4, -0.2) is 14.6 Å². The van der Waals surface area contributed by atoms with Crippen molar-refractivity contribution in [1.82, 2.24) is 14.6 Å². The normalized spacial score (nSPS) is 12.3. The minimum atomic E-state index is 0.0581. The van der Waals surface area contributed by atoms with Crippen LogP contribution in [0.3, 0.4) is 0 Å². The van der Waals surface area contributed by atoms with E-state index >= 15 is 0 Å². The predicted octanol–water partition coefficient (Wildman–Crippen LogP) is 2.68. The molecule has 3 nitrogen and oxygen atoms in total. The third kappa shape index (κ3) is 1.48. The largest absolute Gasteiger partial charge is 0.235 e. The fourth-order valence-electron chi connectivity index (χ4n) is 1.38. The zero-order valence-electron chi connectivity index (χ0n) is 8.45. The van der Waals surface area contributed by atoms with Gasteiger partial charge in [-0.05, 0) is 5.41 Å². The van der Waals surface area contributed by atoms with Gasteiger partial charge in [0.05, 0.1) is 17.4 Å². The number of halogens is 1. The minimum Gasteiger partial charge on any atom is -0.235 e. The molecule has 0 spiro atoms. The van der Waals surface area contributed by atoms with E-state index in [4.69, 9.17) is 11.6 Å². The standard InChI is InChI=1S/C10H12ClN3/c1-10(2,3)8-5-13-14-6-7(11)4-12-9(8)14/h4-6H,1-3H3. The van der Waals surface area contributed by atoms with Crippen molar-refractivity contribution in [1.29, 1.82) is 0 Å². The molecule has 2 aromatic rings. The Bertz CT molecular complexity index is 468. The molecule has 0 aromatic carbocycles. The van der Waals surface area contributed by atoms with Crippen LogP contribution in [0, 0.1) is 0 Å². The van der Waals surface area contributed by atoms with Gasteiger partial charge in [-0.2, -0.15) is 5.10 Å². The van der Waals surface area contributed by atoms with Crippen LogP contribution in [0.25, 0.3) is 5.65 Å². The number of hydrogen-bond acceptors (Lipinski definition) is 2. The Morgan fingerprint density at radius 2 is 2.00 bits per heavy atom. The molecule has 4 heteroatoms. The van der Waals surface area contributed by atoms with E-state index in [1.54, 1.807) is 16.9 Å². The van der Waals surface area contributed by atoms with E-state index < -0.39 is 0 Å². The summed E-state index contributed by atoms with van der Waals surface area (Å²) >= 11 is 5.82. The predicted molar refractivity (Wildman–Crippen MR) is 56.7 cm³/mol. The van der Waals surface area contributed by atoms with Gasteiger partial charge in [0.25, 0.3) is 0 Å². The van der Waals surface area contributed by atoms with E-state index in [0.717, 1.165) is 11.2 Å². The van der Waals surface area contributed by atoms with Crippen LogP contribution in [0.15, 0.2) is 18.6 Å². The van der Waals surface area contributed by atoms with Gasteiger partial charge in [0, 0.05) is 11.8 Å². The molecule has 0 fully saturated rings. The summed E-state index contributed by atoms with van der Waals surface area (Å²) < 4.78 is 1.71. The van der Waals surface area contributed by atoms with E-state index in [9.17, 15) is 0 Å². The summed E-state index contributed by atoms with van der Waals surface area (Å²) in [7, 11) is 0. The average molecular weight is 210 g/mol. The summed E-state index contributed by atoms with van der Waals surface area (Å²) in [6, 6.07) is 0. The van der Waals surface area contributed by atoms with Gasteiger partial charge in [-0.25, -0.2) is 9.50 Å². The summed E-state index contributed by atoms with van der Waals surface area (Å²) in [6.45, 7) is 6.42. The van der Waals surface area contributed by atoms with Crippen molar-refractivity contribution in [2.75, 3.05) is 0 Å². The van der Waals surface area contributed by atoms with Gasteiger partial charge < -0.3 is 0 Å². The van der Waals surface area contributed by atoms with Crippen molar-refractivity contribution in [2.45, 2.75) is 26.2 Å². The topological polar surface area (TPSA) is 30.2 Å². The quantitative estimate of drug-likeness (QED) is 0.668. The summed E-state index contributed by atoms with van der Waals surface area (Å²) in [6.07, 6.45) is 5.26. The highest BCUT2D eigenvalue weighted by molar-refractivity contribution is 6.30. The Kier molecular flexibility index (Phi) is 2.00. The molecule has 0 radical (unpaired) electrons. The second-order valence-corrected chi connectivity index (χ2v) is 4.79. The second kappa shape index (κ2) is 2.95. The molecule has 2 rings (SSSR count). The highest BCUT2D eigenvalue weighted by atomic mass is 35.5. The second-order valence-electron chi connectivity index (χ2n) is 4.35. The van der Waals surface area contributed by atoms with Crippen LogP contribution >= 0.6 is 11.6 Å². The fourth-order valence-corrected chi connectivity index (χ4v) is 1.52. The number of fused-ring (bicyclic) bond motifs is 1. The monoisotopic (exact) mass is 209 g/mol. The van der Waals surface area contributed by atoms with Crippen molar-refractivity contribution < 1.29 is 0 Å². The Morgan fingerprint density at radius 1 is 1.29 bits per heavy atom. The molecule has 74 valence electrons. The van der Waals surface area contributed by atoms with Gasteiger partial charge in [0.2, 0.25) is 0 Å². The molecule has 0 bridgehead atoms. The third-order valence-corrected chi connectivity index (χ3v) is 2.33. The van der Waals surface area contributed by atoms with E-state index in [1.807, 2.05) is 6.20 Å². The van der Waals surface area contributed by atoms with Gasteiger partial charge in [-0.3, -0.25) is 0 Å². The van der Waals surface area contributed by atoms with Crippen molar-refractivity contribution in [3.05, 3.63) is 29.2 Å². The van der Waals surface area contributed by atoms with Gasteiger partial charge in [0.15, 0.2) is 5.65 Å². The maximum absolute atomic E-state index is 5.82. The van der Waals surface area contributed by atoms with Crippen LogP contribution in [0.1, 0.15) is 26.3 Å². The van der Waals surface area contributed by atoms with Crippen LogP contribution in [0.4, 0.5) is 0 Å². The maximum atomic E-state index is 5.82. The molecule has 0 N–H and O–H groups in total. The molecule has 0 aliphatic heterocycles. The molecule has 14 heavy (non-hydrogen) atoms. The van der Waals surface area contributed by atoms with E-state index in [2.05, 4.69) is 30.9 Å². The number of nitrogens with zero attached hydrogens (tertiary/aromatic N) is 3. The summed E-state index contributed by atoms with van der Waals surface area (Å²) in [5, 5.41) is 4.81. The van der Waals surface area contributed by atoms with Crippen molar-refractivity contribution >= 4 is 17.2 Å². The SMILES string of the molecule is CC(C)(C)c1cnn2cc(Cl)cnc12. The molecular weight excluding hydrogens is 198 g/mol. The number of rotatable bonds is 0. The first-order valence-corrected chi connectivity index (χ1v) is 4.85. The third-order valence-electron chi connectivity index (χ3n) is 2.13. The lowest BCUT2D eigenvalue weighted by Crippen LogP contribution is -2.10. The highest BCUT2D eigenvalue weighted by Gasteiger charge is 2.19. The average Bonchev–Trinajstić information content (AvgIpc) is 2.45. The van der Waals surface area contributed by atoms with E-state index in [0.29, 0.717) is 5.02 Å². The Morgan fingerprint density at radius 3 is 2.64 bits per heavy atom.